The number of aliphatic hydroxyl groups is 1. The van der Waals surface area contributed by atoms with E-state index in [2.05, 4.69) is 4.98 Å². The van der Waals surface area contributed by atoms with Crippen LogP contribution in [0, 0.1) is 0 Å². The van der Waals surface area contributed by atoms with Crippen LogP contribution < -0.4 is 0 Å². The molecule has 0 saturated carbocycles. The zero-order valence-corrected chi connectivity index (χ0v) is 10.9. The Balaban J connectivity index is 2.64. The second-order valence-corrected chi connectivity index (χ2v) is 4.62. The maximum absolute atomic E-state index is 9.23. The van der Waals surface area contributed by atoms with Crippen molar-refractivity contribution in [3.8, 4) is 11.1 Å². The van der Waals surface area contributed by atoms with Gasteiger partial charge < -0.3 is 5.11 Å². The summed E-state index contributed by atoms with van der Waals surface area (Å²) in [6.45, 7) is -0.160. The molecule has 0 amide bonds. The molecule has 17 heavy (non-hydrogen) atoms. The lowest BCUT2D eigenvalue weighted by Crippen LogP contribution is -1.93. The molecule has 1 heterocycles. The summed E-state index contributed by atoms with van der Waals surface area (Å²) >= 11 is 17.9. The molecule has 0 fully saturated rings. The van der Waals surface area contributed by atoms with Crippen LogP contribution in [0.4, 0.5) is 0 Å². The molecule has 0 atom stereocenters. The summed E-state index contributed by atoms with van der Waals surface area (Å²) in [5, 5.41) is 10.5. The van der Waals surface area contributed by atoms with E-state index in [9.17, 15) is 5.11 Å². The van der Waals surface area contributed by atoms with Gasteiger partial charge in [0.15, 0.2) is 0 Å². The minimum atomic E-state index is -0.160. The Morgan fingerprint density at radius 2 is 1.71 bits per heavy atom. The summed E-state index contributed by atoms with van der Waals surface area (Å²) in [4.78, 5) is 4.08. The van der Waals surface area contributed by atoms with Crippen molar-refractivity contribution in [3.05, 3.63) is 51.2 Å². The lowest BCUT2D eigenvalue weighted by Gasteiger charge is -2.09. The van der Waals surface area contributed by atoms with Crippen LogP contribution in [0.2, 0.25) is 15.1 Å². The van der Waals surface area contributed by atoms with E-state index in [0.29, 0.717) is 26.3 Å². The average Bonchev–Trinajstić information content (AvgIpc) is 2.34. The van der Waals surface area contributed by atoms with Gasteiger partial charge in [0.25, 0.3) is 0 Å². The van der Waals surface area contributed by atoms with Crippen molar-refractivity contribution in [1.82, 2.24) is 4.98 Å². The summed E-state index contributed by atoms with van der Waals surface area (Å²) in [7, 11) is 0. The number of nitrogens with zero attached hydrogens (tertiary/aromatic N) is 1. The van der Waals surface area contributed by atoms with Crippen LogP contribution in [-0.2, 0) is 6.61 Å². The number of aliphatic hydroxyl groups excluding tert-OH is 1. The van der Waals surface area contributed by atoms with E-state index < -0.39 is 0 Å². The molecule has 88 valence electrons. The fourth-order valence-corrected chi connectivity index (χ4v) is 2.19. The zero-order chi connectivity index (χ0) is 12.4. The van der Waals surface area contributed by atoms with E-state index in [1.165, 1.54) is 0 Å². The van der Waals surface area contributed by atoms with Gasteiger partial charge in [-0.3, -0.25) is 4.98 Å². The minimum absolute atomic E-state index is 0.160. The number of aromatic nitrogens is 1. The molecule has 0 aliphatic rings. The number of pyridine rings is 1. The number of hydrogen-bond donors (Lipinski definition) is 1. The molecule has 2 nitrogen and oxygen atoms in total. The van der Waals surface area contributed by atoms with Crippen molar-refractivity contribution < 1.29 is 5.11 Å². The Hall–Kier alpha value is -0.800. The molecule has 0 spiro atoms. The number of halogens is 3. The molecule has 1 aromatic carbocycles. The van der Waals surface area contributed by atoms with Gasteiger partial charge in [0.1, 0.15) is 0 Å². The second kappa shape index (κ2) is 5.23. The molecule has 0 aliphatic carbocycles. The summed E-state index contributed by atoms with van der Waals surface area (Å²) in [6.07, 6.45) is 1.61. The topological polar surface area (TPSA) is 33.1 Å². The quantitative estimate of drug-likeness (QED) is 0.840. The number of hydrogen-bond acceptors (Lipinski definition) is 2. The third-order valence-corrected chi connectivity index (χ3v) is 3.37. The summed E-state index contributed by atoms with van der Waals surface area (Å²) < 4.78 is 0. The molecule has 2 rings (SSSR count). The van der Waals surface area contributed by atoms with Crippen molar-refractivity contribution in [1.29, 1.82) is 0 Å². The van der Waals surface area contributed by atoms with E-state index in [0.717, 1.165) is 5.56 Å². The number of benzene rings is 1. The zero-order valence-electron chi connectivity index (χ0n) is 8.62. The van der Waals surface area contributed by atoms with Crippen molar-refractivity contribution in [2.45, 2.75) is 6.61 Å². The highest BCUT2D eigenvalue weighted by atomic mass is 35.5. The van der Waals surface area contributed by atoms with Gasteiger partial charge in [0.05, 0.1) is 27.4 Å². The lowest BCUT2D eigenvalue weighted by molar-refractivity contribution is 0.277. The van der Waals surface area contributed by atoms with E-state index in [1.807, 2.05) is 6.07 Å². The van der Waals surface area contributed by atoms with Gasteiger partial charge in [-0.1, -0.05) is 40.9 Å². The van der Waals surface area contributed by atoms with Crippen molar-refractivity contribution >= 4 is 34.8 Å². The first-order valence-corrected chi connectivity index (χ1v) is 5.96. The maximum atomic E-state index is 9.23. The Morgan fingerprint density at radius 1 is 1.00 bits per heavy atom. The van der Waals surface area contributed by atoms with E-state index in [4.69, 9.17) is 34.8 Å². The molecule has 2 aromatic rings. The normalized spacial score (nSPS) is 10.6. The molecule has 5 heteroatoms. The molecular formula is C12H8Cl3NO. The molecule has 0 radical (unpaired) electrons. The van der Waals surface area contributed by atoms with Gasteiger partial charge in [-0.05, 0) is 18.2 Å². The first-order chi connectivity index (χ1) is 8.13. The van der Waals surface area contributed by atoms with Crippen LogP contribution in [0.25, 0.3) is 11.1 Å². The molecule has 0 aliphatic heterocycles. The Morgan fingerprint density at radius 3 is 2.41 bits per heavy atom. The number of rotatable bonds is 2. The smallest absolute Gasteiger partial charge is 0.0859 e. The molecule has 0 unspecified atom stereocenters. The van der Waals surface area contributed by atoms with Crippen LogP contribution in [0.1, 0.15) is 5.69 Å². The highest BCUT2D eigenvalue weighted by Crippen LogP contribution is 2.36. The average molecular weight is 289 g/mol. The van der Waals surface area contributed by atoms with Gasteiger partial charge in [-0.25, -0.2) is 0 Å². The third kappa shape index (κ3) is 2.55. The minimum Gasteiger partial charge on any atom is -0.390 e. The van der Waals surface area contributed by atoms with Gasteiger partial charge in [-0.15, -0.1) is 0 Å². The predicted molar refractivity (Wildman–Crippen MR) is 70.6 cm³/mol. The first kappa shape index (κ1) is 12.7. The van der Waals surface area contributed by atoms with Crippen molar-refractivity contribution in [2.24, 2.45) is 0 Å². The summed E-state index contributed by atoms with van der Waals surface area (Å²) in [6, 6.07) is 6.84. The van der Waals surface area contributed by atoms with Crippen molar-refractivity contribution in [2.75, 3.05) is 0 Å². The second-order valence-electron chi connectivity index (χ2n) is 3.40. The van der Waals surface area contributed by atoms with Crippen LogP contribution >= 0.6 is 34.8 Å². The highest BCUT2D eigenvalue weighted by molar-refractivity contribution is 6.44. The fraction of sp³-hybridized carbons (Fsp3) is 0.0833. The van der Waals surface area contributed by atoms with E-state index in [1.54, 1.807) is 24.4 Å². The first-order valence-electron chi connectivity index (χ1n) is 4.83. The van der Waals surface area contributed by atoms with Crippen LogP contribution in [0.3, 0.4) is 0 Å². The highest BCUT2D eigenvalue weighted by Gasteiger charge is 2.11. The van der Waals surface area contributed by atoms with Gasteiger partial charge in [-0.2, -0.15) is 0 Å². The Bertz CT molecular complexity index is 557. The van der Waals surface area contributed by atoms with Gasteiger partial charge in [0, 0.05) is 17.3 Å². The van der Waals surface area contributed by atoms with Gasteiger partial charge in [0.2, 0.25) is 0 Å². The Kier molecular flexibility index (Phi) is 3.89. The molecule has 1 aromatic heterocycles. The SMILES string of the molecule is OCc1ncccc1-c1cc(Cl)c(Cl)cc1Cl. The molecule has 0 bridgehead atoms. The largest absolute Gasteiger partial charge is 0.390 e. The van der Waals surface area contributed by atoms with E-state index >= 15 is 0 Å². The summed E-state index contributed by atoms with van der Waals surface area (Å²) in [5.74, 6) is 0. The van der Waals surface area contributed by atoms with Gasteiger partial charge >= 0.3 is 0 Å². The predicted octanol–water partition coefficient (Wildman–Crippen LogP) is 4.20. The third-order valence-electron chi connectivity index (χ3n) is 2.34. The fourth-order valence-electron chi connectivity index (χ4n) is 1.54. The monoisotopic (exact) mass is 287 g/mol. The molecule has 0 saturated heterocycles. The van der Waals surface area contributed by atoms with Crippen LogP contribution in [-0.4, -0.2) is 10.1 Å². The Labute approximate surface area is 114 Å². The maximum Gasteiger partial charge on any atom is 0.0859 e. The van der Waals surface area contributed by atoms with Crippen molar-refractivity contribution in [3.63, 3.8) is 0 Å². The molecular weight excluding hydrogens is 280 g/mol. The summed E-state index contributed by atoms with van der Waals surface area (Å²) in [5.41, 5.74) is 2.00. The van der Waals surface area contributed by atoms with Crippen LogP contribution in [0.5, 0.6) is 0 Å². The van der Waals surface area contributed by atoms with Crippen LogP contribution in [0.15, 0.2) is 30.5 Å². The lowest BCUT2D eigenvalue weighted by atomic mass is 10.0. The molecule has 1 N–H and O–H groups in total. The van der Waals surface area contributed by atoms with E-state index in [-0.39, 0.29) is 6.61 Å². The standard InChI is InChI=1S/C12H8Cl3NO/c13-9-5-11(15)10(14)4-8(9)7-2-1-3-16-12(7)6-17/h1-5,17H,6H2.